The summed E-state index contributed by atoms with van der Waals surface area (Å²) in [5.74, 6) is -1.97. The number of aliphatic carboxylic acids is 1. The SMILES string of the molecule is Cc1ccc(C(F)(F)F)cc1S(=O)(=O)NC(C(=O)O)C(C)C. The molecular formula is C13H16F3NO4S. The molecule has 1 unspecified atom stereocenters. The van der Waals surface area contributed by atoms with E-state index in [0.717, 1.165) is 12.1 Å². The van der Waals surface area contributed by atoms with Crippen molar-refractivity contribution >= 4 is 16.0 Å². The lowest BCUT2D eigenvalue weighted by Gasteiger charge is -2.19. The zero-order chi connectivity index (χ0) is 17.3. The predicted molar refractivity (Wildman–Crippen MR) is 72.8 cm³/mol. The van der Waals surface area contributed by atoms with Crippen molar-refractivity contribution < 1.29 is 31.5 Å². The lowest BCUT2D eigenvalue weighted by atomic mass is 10.1. The molecule has 0 aliphatic rings. The second kappa shape index (κ2) is 6.25. The van der Waals surface area contributed by atoms with E-state index in [0.29, 0.717) is 6.07 Å². The molecule has 0 saturated heterocycles. The number of nitrogens with one attached hydrogen (secondary N) is 1. The third kappa shape index (κ3) is 4.20. The van der Waals surface area contributed by atoms with Crippen molar-refractivity contribution in [3.05, 3.63) is 29.3 Å². The highest BCUT2D eigenvalue weighted by molar-refractivity contribution is 7.89. The fourth-order valence-electron chi connectivity index (χ4n) is 1.77. The second-order valence-electron chi connectivity index (χ2n) is 5.16. The van der Waals surface area contributed by atoms with Crippen molar-refractivity contribution in [3.63, 3.8) is 0 Å². The molecule has 0 spiro atoms. The van der Waals surface area contributed by atoms with E-state index in [-0.39, 0.29) is 5.56 Å². The standard InChI is InChI=1S/C13H16F3NO4S/c1-7(2)11(12(18)19)17-22(20,21)10-6-9(13(14,15)16)5-4-8(10)3/h4-7,11,17H,1-3H3,(H,18,19). The fourth-order valence-corrected chi connectivity index (χ4v) is 3.38. The number of alkyl halides is 3. The lowest BCUT2D eigenvalue weighted by Crippen LogP contribution is -2.44. The van der Waals surface area contributed by atoms with Gasteiger partial charge in [-0.25, -0.2) is 8.42 Å². The van der Waals surface area contributed by atoms with E-state index < -0.39 is 44.6 Å². The number of hydrogen-bond acceptors (Lipinski definition) is 3. The van der Waals surface area contributed by atoms with Crippen LogP contribution in [0, 0.1) is 12.8 Å². The first kappa shape index (κ1) is 18.4. The highest BCUT2D eigenvalue weighted by Crippen LogP contribution is 2.31. The van der Waals surface area contributed by atoms with Crippen molar-refractivity contribution in [2.45, 2.75) is 37.9 Å². The summed E-state index contributed by atoms with van der Waals surface area (Å²) >= 11 is 0. The highest BCUT2D eigenvalue weighted by atomic mass is 32.2. The number of benzene rings is 1. The third-order valence-corrected chi connectivity index (χ3v) is 4.60. The Labute approximate surface area is 126 Å². The van der Waals surface area contributed by atoms with Crippen LogP contribution >= 0.6 is 0 Å². The first-order chi connectivity index (χ1) is 9.86. The average molecular weight is 339 g/mol. The molecule has 0 aliphatic heterocycles. The van der Waals surface area contributed by atoms with E-state index in [1.165, 1.54) is 20.8 Å². The van der Waals surface area contributed by atoms with E-state index in [2.05, 4.69) is 0 Å². The predicted octanol–water partition coefficient (Wildman–Crippen LogP) is 2.40. The number of carbonyl (C=O) groups is 1. The summed E-state index contributed by atoms with van der Waals surface area (Å²) in [5, 5.41) is 9.00. The molecule has 1 aromatic carbocycles. The molecule has 1 rings (SSSR count). The number of carboxylic acids is 1. The zero-order valence-corrected chi connectivity index (χ0v) is 12.9. The fraction of sp³-hybridized carbons (Fsp3) is 0.462. The second-order valence-corrected chi connectivity index (χ2v) is 6.84. The normalized spacial score (nSPS) is 14.1. The van der Waals surface area contributed by atoms with Crippen molar-refractivity contribution in [3.8, 4) is 0 Å². The van der Waals surface area contributed by atoms with Crippen LogP contribution < -0.4 is 4.72 Å². The minimum atomic E-state index is -4.69. The van der Waals surface area contributed by atoms with Gasteiger partial charge in [0.05, 0.1) is 10.5 Å². The van der Waals surface area contributed by atoms with Gasteiger partial charge < -0.3 is 5.11 Å². The molecule has 0 aromatic heterocycles. The van der Waals surface area contributed by atoms with Gasteiger partial charge in [0, 0.05) is 0 Å². The molecule has 9 heteroatoms. The van der Waals surface area contributed by atoms with Gasteiger partial charge in [-0.2, -0.15) is 17.9 Å². The number of rotatable bonds is 5. The lowest BCUT2D eigenvalue weighted by molar-refractivity contribution is -0.140. The van der Waals surface area contributed by atoms with E-state index in [4.69, 9.17) is 5.11 Å². The monoisotopic (exact) mass is 339 g/mol. The Balaban J connectivity index is 3.31. The summed E-state index contributed by atoms with van der Waals surface area (Å²) in [6, 6.07) is 0.865. The largest absolute Gasteiger partial charge is 0.480 e. The summed E-state index contributed by atoms with van der Waals surface area (Å²) in [6.07, 6.45) is -4.69. The van der Waals surface area contributed by atoms with Crippen LogP contribution in [0.25, 0.3) is 0 Å². The van der Waals surface area contributed by atoms with E-state index in [1.807, 2.05) is 4.72 Å². The molecule has 2 N–H and O–H groups in total. The number of hydrogen-bond donors (Lipinski definition) is 2. The Morgan fingerprint density at radius 2 is 1.82 bits per heavy atom. The minimum Gasteiger partial charge on any atom is -0.480 e. The molecule has 0 amide bonds. The van der Waals surface area contributed by atoms with Crippen LogP contribution in [0.15, 0.2) is 23.1 Å². The van der Waals surface area contributed by atoms with Crippen molar-refractivity contribution in [2.24, 2.45) is 5.92 Å². The zero-order valence-electron chi connectivity index (χ0n) is 12.1. The quantitative estimate of drug-likeness (QED) is 0.863. The first-order valence-corrected chi connectivity index (χ1v) is 7.77. The van der Waals surface area contributed by atoms with Gasteiger partial charge in [0.25, 0.3) is 0 Å². The summed E-state index contributed by atoms with van der Waals surface area (Å²) in [5.41, 5.74) is -1.02. The van der Waals surface area contributed by atoms with Crippen LogP contribution in [0.5, 0.6) is 0 Å². The minimum absolute atomic E-state index is 0.0911. The number of aryl methyl sites for hydroxylation is 1. The van der Waals surface area contributed by atoms with Crippen LogP contribution in [0.2, 0.25) is 0 Å². The molecule has 0 fully saturated rings. The molecule has 0 bridgehead atoms. The molecule has 22 heavy (non-hydrogen) atoms. The van der Waals surface area contributed by atoms with Crippen LogP contribution in [0.4, 0.5) is 13.2 Å². The Morgan fingerprint density at radius 3 is 2.23 bits per heavy atom. The van der Waals surface area contributed by atoms with Gasteiger partial charge in [0.15, 0.2) is 0 Å². The molecule has 0 heterocycles. The topological polar surface area (TPSA) is 83.5 Å². The van der Waals surface area contributed by atoms with E-state index in [9.17, 15) is 26.4 Å². The Morgan fingerprint density at radius 1 is 1.27 bits per heavy atom. The Hall–Kier alpha value is -1.61. The van der Waals surface area contributed by atoms with Crippen molar-refractivity contribution in [1.82, 2.24) is 4.72 Å². The van der Waals surface area contributed by atoms with Crippen molar-refractivity contribution in [1.29, 1.82) is 0 Å². The molecule has 0 radical (unpaired) electrons. The molecule has 124 valence electrons. The summed E-state index contributed by atoms with van der Waals surface area (Å²) in [6.45, 7) is 4.31. The maximum atomic E-state index is 12.7. The smallest absolute Gasteiger partial charge is 0.416 e. The number of carboxylic acid groups (broad SMARTS) is 1. The first-order valence-electron chi connectivity index (χ1n) is 6.29. The average Bonchev–Trinajstić information content (AvgIpc) is 2.34. The Bertz CT molecular complexity index is 668. The third-order valence-electron chi connectivity index (χ3n) is 3.02. The van der Waals surface area contributed by atoms with Crippen molar-refractivity contribution in [2.75, 3.05) is 0 Å². The molecule has 1 aromatic rings. The van der Waals surface area contributed by atoms with E-state index in [1.54, 1.807) is 0 Å². The molecular weight excluding hydrogens is 323 g/mol. The van der Waals surface area contributed by atoms with Gasteiger partial charge >= 0.3 is 12.1 Å². The van der Waals surface area contributed by atoms with Gasteiger partial charge in [-0.3, -0.25) is 4.79 Å². The van der Waals surface area contributed by atoms with Gasteiger partial charge in [0.1, 0.15) is 6.04 Å². The maximum absolute atomic E-state index is 12.7. The van der Waals surface area contributed by atoms with Crippen LogP contribution in [0.1, 0.15) is 25.0 Å². The maximum Gasteiger partial charge on any atom is 0.416 e. The van der Waals surface area contributed by atoms with Gasteiger partial charge in [-0.1, -0.05) is 19.9 Å². The summed E-state index contributed by atoms with van der Waals surface area (Å²) in [4.78, 5) is 10.5. The molecule has 0 saturated carbocycles. The van der Waals surface area contributed by atoms with Gasteiger partial charge in [-0.15, -0.1) is 0 Å². The summed E-state index contributed by atoms with van der Waals surface area (Å²) in [7, 11) is -4.39. The van der Waals surface area contributed by atoms with Crippen LogP contribution in [-0.2, 0) is 21.0 Å². The summed E-state index contributed by atoms with van der Waals surface area (Å²) < 4.78 is 64.4. The van der Waals surface area contributed by atoms with Gasteiger partial charge in [-0.05, 0) is 30.5 Å². The Kier molecular flexibility index (Phi) is 5.24. The highest BCUT2D eigenvalue weighted by Gasteiger charge is 2.34. The van der Waals surface area contributed by atoms with E-state index >= 15 is 0 Å². The molecule has 0 aliphatic carbocycles. The van der Waals surface area contributed by atoms with Gasteiger partial charge in [0.2, 0.25) is 10.0 Å². The molecule has 5 nitrogen and oxygen atoms in total. The van der Waals surface area contributed by atoms with Crippen LogP contribution in [-0.4, -0.2) is 25.5 Å². The number of sulfonamides is 1. The molecule has 1 atom stereocenters. The van der Waals surface area contributed by atoms with Crippen LogP contribution in [0.3, 0.4) is 0 Å². The number of halogens is 3.